The molecular formula is C11H7F2NO2. The summed E-state index contributed by atoms with van der Waals surface area (Å²) in [5, 5.41) is 8.32. The first-order chi connectivity index (χ1) is 7.61. The molecule has 1 aliphatic rings. The van der Waals surface area contributed by atoms with Gasteiger partial charge in [-0.2, -0.15) is 5.26 Å². The zero-order valence-electron chi connectivity index (χ0n) is 8.11. The van der Waals surface area contributed by atoms with Crippen LogP contribution < -0.4 is 9.47 Å². The van der Waals surface area contributed by atoms with Crippen LogP contribution >= 0.6 is 0 Å². The standard InChI is InChI=1S/C11H7F2NO2/c12-11(13)15-9-5-4-8(3-1-2-6-14)7-10(9)16-11/h1,3-5,7H,2H2. The van der Waals surface area contributed by atoms with Crippen LogP contribution in [-0.2, 0) is 0 Å². The van der Waals surface area contributed by atoms with E-state index in [-0.39, 0.29) is 17.9 Å². The minimum absolute atomic E-state index is 0.00380. The van der Waals surface area contributed by atoms with Crippen molar-refractivity contribution in [3.05, 3.63) is 29.8 Å². The Morgan fingerprint density at radius 3 is 2.81 bits per heavy atom. The lowest BCUT2D eigenvalue weighted by atomic mass is 10.2. The van der Waals surface area contributed by atoms with E-state index in [2.05, 4.69) is 9.47 Å². The molecule has 0 atom stereocenters. The van der Waals surface area contributed by atoms with Gasteiger partial charge in [0.15, 0.2) is 11.5 Å². The molecule has 1 aromatic rings. The van der Waals surface area contributed by atoms with Crippen molar-refractivity contribution in [1.82, 2.24) is 0 Å². The van der Waals surface area contributed by atoms with Crippen molar-refractivity contribution in [2.24, 2.45) is 0 Å². The van der Waals surface area contributed by atoms with Crippen LogP contribution in [0.5, 0.6) is 11.5 Å². The molecule has 1 heterocycles. The van der Waals surface area contributed by atoms with Gasteiger partial charge in [0.05, 0.1) is 12.5 Å². The van der Waals surface area contributed by atoms with E-state index in [9.17, 15) is 8.78 Å². The van der Waals surface area contributed by atoms with Gasteiger partial charge < -0.3 is 9.47 Å². The maximum Gasteiger partial charge on any atom is 0.586 e. The van der Waals surface area contributed by atoms with Crippen molar-refractivity contribution in [2.75, 3.05) is 0 Å². The molecule has 0 fully saturated rings. The second-order valence-electron chi connectivity index (χ2n) is 3.14. The van der Waals surface area contributed by atoms with Crippen LogP contribution in [0.25, 0.3) is 6.08 Å². The number of rotatable bonds is 2. The quantitative estimate of drug-likeness (QED) is 0.774. The predicted octanol–water partition coefficient (Wildman–Crippen LogP) is 2.93. The average molecular weight is 223 g/mol. The Hall–Kier alpha value is -2.09. The van der Waals surface area contributed by atoms with Crippen LogP contribution in [0.2, 0.25) is 0 Å². The van der Waals surface area contributed by atoms with Crippen LogP contribution in [0.3, 0.4) is 0 Å². The lowest BCUT2D eigenvalue weighted by Crippen LogP contribution is -2.25. The summed E-state index contributed by atoms with van der Waals surface area (Å²) < 4.78 is 33.9. The normalized spacial score (nSPS) is 16.3. The third-order valence-electron chi connectivity index (χ3n) is 1.94. The van der Waals surface area contributed by atoms with E-state index in [0.717, 1.165) is 0 Å². The number of hydrogen-bond donors (Lipinski definition) is 0. The molecule has 0 bridgehead atoms. The maximum atomic E-state index is 12.7. The van der Waals surface area contributed by atoms with E-state index in [1.165, 1.54) is 12.1 Å². The Morgan fingerprint density at radius 2 is 2.06 bits per heavy atom. The van der Waals surface area contributed by atoms with Gasteiger partial charge in [-0.15, -0.1) is 8.78 Å². The summed E-state index contributed by atoms with van der Waals surface area (Å²) in [6, 6.07) is 6.39. The van der Waals surface area contributed by atoms with Crippen molar-refractivity contribution in [3.63, 3.8) is 0 Å². The molecule has 3 nitrogen and oxygen atoms in total. The minimum atomic E-state index is -3.59. The highest BCUT2D eigenvalue weighted by Crippen LogP contribution is 2.41. The summed E-state index contributed by atoms with van der Waals surface area (Å²) >= 11 is 0. The molecule has 5 heteroatoms. The van der Waals surface area contributed by atoms with Gasteiger partial charge >= 0.3 is 6.29 Å². The molecule has 0 N–H and O–H groups in total. The van der Waals surface area contributed by atoms with Crippen LogP contribution in [0.4, 0.5) is 8.78 Å². The molecule has 0 radical (unpaired) electrons. The van der Waals surface area contributed by atoms with E-state index < -0.39 is 6.29 Å². The Labute approximate surface area is 90.5 Å². The Kier molecular flexibility index (Phi) is 2.49. The number of ether oxygens (including phenoxy) is 2. The monoisotopic (exact) mass is 223 g/mol. The molecule has 0 saturated carbocycles. The molecule has 0 saturated heterocycles. The summed E-state index contributed by atoms with van der Waals surface area (Å²) in [5.41, 5.74) is 0.676. The van der Waals surface area contributed by atoms with E-state index in [1.54, 1.807) is 18.2 Å². The maximum absolute atomic E-state index is 12.7. The Balaban J connectivity index is 2.20. The summed E-state index contributed by atoms with van der Waals surface area (Å²) in [6.45, 7) is 0. The van der Waals surface area contributed by atoms with Crippen molar-refractivity contribution >= 4 is 6.08 Å². The number of fused-ring (bicyclic) bond motifs is 1. The van der Waals surface area contributed by atoms with Crippen LogP contribution in [0, 0.1) is 11.3 Å². The summed E-state index contributed by atoms with van der Waals surface area (Å²) in [5.74, 6) is 0.0199. The van der Waals surface area contributed by atoms with Crippen molar-refractivity contribution in [1.29, 1.82) is 5.26 Å². The molecule has 1 aliphatic heterocycles. The third kappa shape index (κ3) is 2.11. The molecule has 0 amide bonds. The lowest BCUT2D eigenvalue weighted by molar-refractivity contribution is -0.286. The highest BCUT2D eigenvalue weighted by atomic mass is 19.3. The summed E-state index contributed by atoms with van der Waals surface area (Å²) in [4.78, 5) is 0. The smallest absolute Gasteiger partial charge is 0.395 e. The fourth-order valence-corrected chi connectivity index (χ4v) is 1.32. The highest BCUT2D eigenvalue weighted by molar-refractivity contribution is 5.56. The first kappa shape index (κ1) is 10.4. The topological polar surface area (TPSA) is 42.2 Å². The zero-order valence-corrected chi connectivity index (χ0v) is 8.11. The van der Waals surface area contributed by atoms with Gasteiger partial charge in [-0.3, -0.25) is 0 Å². The fraction of sp³-hybridized carbons (Fsp3) is 0.182. The molecule has 16 heavy (non-hydrogen) atoms. The van der Waals surface area contributed by atoms with E-state index in [1.807, 2.05) is 6.07 Å². The number of alkyl halides is 2. The Bertz CT molecular complexity index is 477. The average Bonchev–Trinajstić information content (AvgIpc) is 2.51. The second-order valence-corrected chi connectivity index (χ2v) is 3.14. The van der Waals surface area contributed by atoms with Crippen molar-refractivity contribution in [2.45, 2.75) is 12.7 Å². The zero-order chi connectivity index (χ0) is 11.6. The molecule has 1 aromatic carbocycles. The molecular weight excluding hydrogens is 216 g/mol. The number of nitriles is 1. The number of benzene rings is 1. The molecule has 0 spiro atoms. The van der Waals surface area contributed by atoms with Gasteiger partial charge in [-0.1, -0.05) is 18.2 Å². The summed E-state index contributed by atoms with van der Waals surface area (Å²) in [6.07, 6.45) is -0.0269. The van der Waals surface area contributed by atoms with E-state index >= 15 is 0 Å². The van der Waals surface area contributed by atoms with Crippen molar-refractivity contribution in [3.8, 4) is 17.6 Å². The van der Waals surface area contributed by atoms with Gasteiger partial charge in [-0.25, -0.2) is 0 Å². The van der Waals surface area contributed by atoms with E-state index in [0.29, 0.717) is 5.56 Å². The van der Waals surface area contributed by atoms with Gasteiger partial charge in [0, 0.05) is 0 Å². The number of nitrogens with zero attached hydrogens (tertiary/aromatic N) is 1. The summed E-state index contributed by atoms with van der Waals surface area (Å²) in [7, 11) is 0. The second kappa shape index (κ2) is 3.81. The van der Waals surface area contributed by atoms with E-state index in [4.69, 9.17) is 5.26 Å². The highest BCUT2D eigenvalue weighted by Gasteiger charge is 2.43. The molecule has 2 rings (SSSR count). The predicted molar refractivity (Wildman–Crippen MR) is 51.9 cm³/mol. The fourth-order valence-electron chi connectivity index (χ4n) is 1.32. The molecule has 0 aliphatic carbocycles. The van der Waals surface area contributed by atoms with Crippen LogP contribution in [0.15, 0.2) is 24.3 Å². The van der Waals surface area contributed by atoms with Gasteiger partial charge in [0.25, 0.3) is 0 Å². The number of allylic oxidation sites excluding steroid dienone is 1. The lowest BCUT2D eigenvalue weighted by Gasteiger charge is -2.04. The van der Waals surface area contributed by atoms with Crippen molar-refractivity contribution < 1.29 is 18.3 Å². The van der Waals surface area contributed by atoms with Gasteiger partial charge in [0.1, 0.15) is 0 Å². The SMILES string of the molecule is N#CCC=Cc1ccc2c(c1)OC(F)(F)O2. The first-order valence-corrected chi connectivity index (χ1v) is 4.54. The molecule has 0 unspecified atom stereocenters. The minimum Gasteiger partial charge on any atom is -0.395 e. The molecule has 0 aromatic heterocycles. The third-order valence-corrected chi connectivity index (χ3v) is 1.94. The van der Waals surface area contributed by atoms with Crippen LogP contribution in [-0.4, -0.2) is 6.29 Å². The molecule has 82 valence electrons. The first-order valence-electron chi connectivity index (χ1n) is 4.54. The van der Waals surface area contributed by atoms with Gasteiger partial charge in [-0.05, 0) is 17.7 Å². The number of hydrogen-bond acceptors (Lipinski definition) is 3. The number of halogens is 2. The van der Waals surface area contributed by atoms with Crippen LogP contribution in [0.1, 0.15) is 12.0 Å². The Morgan fingerprint density at radius 1 is 1.31 bits per heavy atom. The largest absolute Gasteiger partial charge is 0.586 e. The van der Waals surface area contributed by atoms with Gasteiger partial charge in [0.2, 0.25) is 0 Å².